The number of nitrogens with zero attached hydrogens (tertiary/aromatic N) is 2. The van der Waals surface area contributed by atoms with Gasteiger partial charge in [0.2, 0.25) is 0 Å². The average Bonchev–Trinajstić information content (AvgIpc) is 2.47. The van der Waals surface area contributed by atoms with E-state index in [0.29, 0.717) is 11.6 Å². The quantitative estimate of drug-likeness (QED) is 0.869. The molecule has 1 aliphatic rings. The van der Waals surface area contributed by atoms with Gasteiger partial charge in [0.1, 0.15) is 0 Å². The molecule has 0 saturated carbocycles. The SMILES string of the molecule is CCNC(CCN1CCN(C)C(C)(C)C1)c1ccccc1. The second-order valence-electron chi connectivity index (χ2n) is 6.82. The summed E-state index contributed by atoms with van der Waals surface area (Å²) in [6.07, 6.45) is 1.18. The molecule has 21 heavy (non-hydrogen) atoms. The van der Waals surface area contributed by atoms with E-state index in [1.54, 1.807) is 0 Å². The van der Waals surface area contributed by atoms with E-state index in [0.717, 1.165) is 13.1 Å². The van der Waals surface area contributed by atoms with Gasteiger partial charge in [0.05, 0.1) is 0 Å². The van der Waals surface area contributed by atoms with Crippen LogP contribution >= 0.6 is 0 Å². The summed E-state index contributed by atoms with van der Waals surface area (Å²) in [7, 11) is 2.24. The fourth-order valence-corrected chi connectivity index (χ4v) is 3.16. The minimum atomic E-state index is 0.290. The van der Waals surface area contributed by atoms with Crippen molar-refractivity contribution in [2.75, 3.05) is 39.8 Å². The summed E-state index contributed by atoms with van der Waals surface area (Å²) in [4.78, 5) is 5.09. The topological polar surface area (TPSA) is 18.5 Å². The van der Waals surface area contributed by atoms with Crippen molar-refractivity contribution >= 4 is 0 Å². The summed E-state index contributed by atoms with van der Waals surface area (Å²) >= 11 is 0. The van der Waals surface area contributed by atoms with E-state index < -0.39 is 0 Å². The minimum absolute atomic E-state index is 0.290. The Labute approximate surface area is 130 Å². The van der Waals surface area contributed by atoms with Crippen LogP contribution in [0.15, 0.2) is 30.3 Å². The predicted octanol–water partition coefficient (Wildman–Crippen LogP) is 2.75. The largest absolute Gasteiger partial charge is 0.310 e. The van der Waals surface area contributed by atoms with Crippen LogP contribution < -0.4 is 5.32 Å². The Morgan fingerprint density at radius 2 is 1.90 bits per heavy atom. The maximum atomic E-state index is 3.63. The number of hydrogen-bond donors (Lipinski definition) is 1. The molecule has 0 aromatic heterocycles. The monoisotopic (exact) mass is 289 g/mol. The summed E-state index contributed by atoms with van der Waals surface area (Å²) in [6.45, 7) is 12.6. The first-order valence-electron chi connectivity index (χ1n) is 8.25. The third kappa shape index (κ3) is 4.53. The van der Waals surface area contributed by atoms with E-state index in [4.69, 9.17) is 0 Å². The third-order valence-corrected chi connectivity index (χ3v) is 4.78. The van der Waals surface area contributed by atoms with Crippen molar-refractivity contribution in [3.63, 3.8) is 0 Å². The molecule has 0 spiro atoms. The van der Waals surface area contributed by atoms with E-state index in [-0.39, 0.29) is 0 Å². The van der Waals surface area contributed by atoms with E-state index in [1.807, 2.05) is 0 Å². The van der Waals surface area contributed by atoms with Crippen molar-refractivity contribution in [1.29, 1.82) is 0 Å². The van der Waals surface area contributed by atoms with Crippen LogP contribution in [0.3, 0.4) is 0 Å². The molecule has 1 aromatic rings. The molecular formula is C18H31N3. The summed E-state index contributed by atoms with van der Waals surface area (Å²) in [5.41, 5.74) is 1.70. The Hall–Kier alpha value is -0.900. The molecule has 1 aliphatic heterocycles. The molecule has 0 radical (unpaired) electrons. The van der Waals surface area contributed by atoms with Crippen LogP contribution in [-0.2, 0) is 0 Å². The second kappa shape index (κ2) is 7.39. The first-order valence-corrected chi connectivity index (χ1v) is 8.25. The molecule has 118 valence electrons. The number of hydrogen-bond acceptors (Lipinski definition) is 3. The van der Waals surface area contributed by atoms with Crippen LogP contribution in [0.1, 0.15) is 38.8 Å². The molecule has 1 aromatic carbocycles. The predicted molar refractivity (Wildman–Crippen MR) is 90.6 cm³/mol. The van der Waals surface area contributed by atoms with Gasteiger partial charge in [-0.3, -0.25) is 4.90 Å². The van der Waals surface area contributed by atoms with Crippen LogP contribution in [0.4, 0.5) is 0 Å². The molecule has 3 heteroatoms. The average molecular weight is 289 g/mol. The Kier molecular flexibility index (Phi) is 5.80. The molecule has 3 nitrogen and oxygen atoms in total. The van der Waals surface area contributed by atoms with Crippen LogP contribution in [0.2, 0.25) is 0 Å². The van der Waals surface area contributed by atoms with Crippen molar-refractivity contribution < 1.29 is 0 Å². The molecule has 1 unspecified atom stereocenters. The van der Waals surface area contributed by atoms with E-state index in [2.05, 4.69) is 73.3 Å². The lowest BCUT2D eigenvalue weighted by Crippen LogP contribution is -2.57. The molecule has 2 rings (SSSR count). The Bertz CT molecular complexity index is 416. The molecule has 1 heterocycles. The maximum Gasteiger partial charge on any atom is 0.0332 e. The fourth-order valence-electron chi connectivity index (χ4n) is 3.16. The van der Waals surface area contributed by atoms with Gasteiger partial charge in [-0.15, -0.1) is 0 Å². The first-order chi connectivity index (χ1) is 10.0. The molecule has 1 fully saturated rings. The number of rotatable bonds is 6. The smallest absolute Gasteiger partial charge is 0.0332 e. The zero-order valence-corrected chi connectivity index (χ0v) is 14.1. The summed E-state index contributed by atoms with van der Waals surface area (Å²) in [5.74, 6) is 0. The third-order valence-electron chi connectivity index (χ3n) is 4.78. The van der Waals surface area contributed by atoms with Crippen molar-refractivity contribution in [3.8, 4) is 0 Å². The number of likely N-dealkylation sites (N-methyl/N-ethyl adjacent to an activating group) is 1. The highest BCUT2D eigenvalue weighted by atomic mass is 15.3. The lowest BCUT2D eigenvalue weighted by atomic mass is 9.98. The summed E-state index contributed by atoms with van der Waals surface area (Å²) < 4.78 is 0. The Morgan fingerprint density at radius 1 is 1.19 bits per heavy atom. The Morgan fingerprint density at radius 3 is 2.52 bits per heavy atom. The number of benzene rings is 1. The van der Waals surface area contributed by atoms with E-state index >= 15 is 0 Å². The van der Waals surface area contributed by atoms with Gasteiger partial charge in [0.15, 0.2) is 0 Å². The van der Waals surface area contributed by atoms with Gasteiger partial charge in [0.25, 0.3) is 0 Å². The molecule has 0 amide bonds. The van der Waals surface area contributed by atoms with Gasteiger partial charge in [-0.1, -0.05) is 37.3 Å². The normalized spacial score (nSPS) is 21.3. The first kappa shape index (κ1) is 16.5. The van der Waals surface area contributed by atoms with Gasteiger partial charge in [-0.25, -0.2) is 0 Å². The van der Waals surface area contributed by atoms with Crippen LogP contribution in [-0.4, -0.2) is 55.1 Å². The minimum Gasteiger partial charge on any atom is -0.310 e. The summed E-state index contributed by atoms with van der Waals surface area (Å²) in [5, 5.41) is 3.63. The highest BCUT2D eigenvalue weighted by Crippen LogP contribution is 2.21. The summed E-state index contributed by atoms with van der Waals surface area (Å²) in [6, 6.07) is 11.3. The highest BCUT2D eigenvalue weighted by Gasteiger charge is 2.30. The second-order valence-corrected chi connectivity index (χ2v) is 6.82. The van der Waals surface area contributed by atoms with Crippen molar-refractivity contribution in [3.05, 3.63) is 35.9 Å². The number of nitrogens with one attached hydrogen (secondary N) is 1. The zero-order valence-electron chi connectivity index (χ0n) is 14.1. The van der Waals surface area contributed by atoms with Crippen LogP contribution in [0, 0.1) is 0 Å². The lowest BCUT2D eigenvalue weighted by molar-refractivity contribution is 0.0382. The van der Waals surface area contributed by atoms with Gasteiger partial charge in [-0.05, 0) is 39.4 Å². The van der Waals surface area contributed by atoms with Gasteiger partial charge >= 0.3 is 0 Å². The Balaban J connectivity index is 1.91. The molecule has 0 aliphatic carbocycles. The standard InChI is InChI=1S/C18H31N3/c1-5-19-17(16-9-7-6-8-10-16)11-12-21-14-13-20(4)18(2,3)15-21/h6-10,17,19H,5,11-15H2,1-4H3. The molecular weight excluding hydrogens is 258 g/mol. The fraction of sp³-hybridized carbons (Fsp3) is 0.667. The number of piperazine rings is 1. The van der Waals surface area contributed by atoms with Gasteiger partial charge < -0.3 is 10.2 Å². The maximum absolute atomic E-state index is 3.63. The van der Waals surface area contributed by atoms with Crippen molar-refractivity contribution in [2.45, 2.75) is 38.8 Å². The van der Waals surface area contributed by atoms with Gasteiger partial charge in [0, 0.05) is 37.8 Å². The van der Waals surface area contributed by atoms with Crippen molar-refractivity contribution in [2.24, 2.45) is 0 Å². The lowest BCUT2D eigenvalue weighted by Gasteiger charge is -2.45. The van der Waals surface area contributed by atoms with E-state index in [9.17, 15) is 0 Å². The molecule has 1 N–H and O–H groups in total. The van der Waals surface area contributed by atoms with Gasteiger partial charge in [-0.2, -0.15) is 0 Å². The zero-order chi connectivity index (χ0) is 15.3. The van der Waals surface area contributed by atoms with Crippen LogP contribution in [0.5, 0.6) is 0 Å². The van der Waals surface area contributed by atoms with E-state index in [1.165, 1.54) is 31.6 Å². The molecule has 1 atom stereocenters. The molecule has 0 bridgehead atoms. The van der Waals surface area contributed by atoms with Crippen molar-refractivity contribution in [1.82, 2.24) is 15.1 Å². The molecule has 1 saturated heterocycles. The highest BCUT2D eigenvalue weighted by molar-refractivity contribution is 5.18. The van der Waals surface area contributed by atoms with Crippen LogP contribution in [0.25, 0.3) is 0 Å².